The average molecular weight is 238 g/mol. The molecule has 90 valence electrons. The predicted octanol–water partition coefficient (Wildman–Crippen LogP) is 1.13. The molecule has 0 saturated heterocycles. The van der Waals surface area contributed by atoms with Gasteiger partial charge in [-0.25, -0.2) is 9.59 Å². The van der Waals surface area contributed by atoms with Gasteiger partial charge >= 0.3 is 11.9 Å². The Morgan fingerprint density at radius 2 is 1.76 bits per heavy atom. The number of para-hydroxylation sites is 2. The first-order valence-corrected chi connectivity index (χ1v) is 4.53. The van der Waals surface area contributed by atoms with Gasteiger partial charge < -0.3 is 19.7 Å². The number of methoxy groups -OCH3 is 1. The minimum atomic E-state index is -1.47. The molecule has 17 heavy (non-hydrogen) atoms. The number of benzene rings is 1. The number of aliphatic carboxylic acids is 2. The summed E-state index contributed by atoms with van der Waals surface area (Å²) in [5, 5.41) is 17.2. The molecule has 0 amide bonds. The van der Waals surface area contributed by atoms with Crippen LogP contribution in [0.15, 0.2) is 36.1 Å². The van der Waals surface area contributed by atoms with Crippen LogP contribution in [0, 0.1) is 0 Å². The monoisotopic (exact) mass is 238 g/mol. The molecule has 0 aliphatic heterocycles. The molecule has 0 spiro atoms. The lowest BCUT2D eigenvalue weighted by molar-refractivity contribution is -0.137. The summed E-state index contributed by atoms with van der Waals surface area (Å²) in [5.41, 5.74) is 0. The molecule has 2 N–H and O–H groups in total. The lowest BCUT2D eigenvalue weighted by Crippen LogP contribution is -2.10. The maximum absolute atomic E-state index is 10.7. The molecular formula is C11H10O6. The predicted molar refractivity (Wildman–Crippen MR) is 57.0 cm³/mol. The first-order chi connectivity index (χ1) is 8.04. The van der Waals surface area contributed by atoms with Crippen LogP contribution in [0.2, 0.25) is 0 Å². The van der Waals surface area contributed by atoms with Crippen LogP contribution >= 0.6 is 0 Å². The summed E-state index contributed by atoms with van der Waals surface area (Å²) in [6.07, 6.45) is 0.467. The van der Waals surface area contributed by atoms with Crippen LogP contribution in [-0.4, -0.2) is 29.3 Å². The standard InChI is InChI=1S/C11H10O6/c1-16-7-4-2-3-5-8(7)17-9(11(14)15)6-10(12)13/h2-6H,1H3,(H,12,13)(H,14,15)/b9-6+. The molecule has 0 atom stereocenters. The highest BCUT2D eigenvalue weighted by molar-refractivity contribution is 5.93. The van der Waals surface area contributed by atoms with Gasteiger partial charge in [0, 0.05) is 0 Å². The Morgan fingerprint density at radius 1 is 1.18 bits per heavy atom. The van der Waals surface area contributed by atoms with Gasteiger partial charge in [0.15, 0.2) is 11.5 Å². The molecule has 0 fully saturated rings. The Balaban J connectivity index is 3.02. The molecule has 1 aromatic rings. The second-order valence-electron chi connectivity index (χ2n) is 2.90. The second kappa shape index (κ2) is 5.55. The fraction of sp³-hybridized carbons (Fsp3) is 0.0909. The van der Waals surface area contributed by atoms with Crippen LogP contribution in [-0.2, 0) is 9.59 Å². The van der Waals surface area contributed by atoms with Crippen molar-refractivity contribution in [1.82, 2.24) is 0 Å². The van der Waals surface area contributed by atoms with Crippen molar-refractivity contribution in [2.24, 2.45) is 0 Å². The fourth-order valence-electron chi connectivity index (χ4n) is 1.07. The Kier molecular flexibility index (Phi) is 4.10. The zero-order chi connectivity index (χ0) is 12.8. The molecule has 0 aliphatic carbocycles. The van der Waals surface area contributed by atoms with Crippen LogP contribution in [0.4, 0.5) is 0 Å². The van der Waals surface area contributed by atoms with Crippen molar-refractivity contribution in [2.45, 2.75) is 0 Å². The zero-order valence-electron chi connectivity index (χ0n) is 8.91. The van der Waals surface area contributed by atoms with E-state index in [2.05, 4.69) is 0 Å². The van der Waals surface area contributed by atoms with E-state index in [1.54, 1.807) is 18.2 Å². The van der Waals surface area contributed by atoms with E-state index in [1.807, 2.05) is 0 Å². The highest BCUT2D eigenvalue weighted by atomic mass is 16.5. The molecule has 6 heteroatoms. The van der Waals surface area contributed by atoms with Gasteiger partial charge in [0.05, 0.1) is 13.2 Å². The molecule has 1 rings (SSSR count). The highest BCUT2D eigenvalue weighted by Gasteiger charge is 2.14. The molecular weight excluding hydrogens is 228 g/mol. The highest BCUT2D eigenvalue weighted by Crippen LogP contribution is 2.27. The Labute approximate surface area is 96.7 Å². The van der Waals surface area contributed by atoms with Gasteiger partial charge in [-0.3, -0.25) is 0 Å². The van der Waals surface area contributed by atoms with Crippen molar-refractivity contribution in [3.05, 3.63) is 36.1 Å². The van der Waals surface area contributed by atoms with Gasteiger partial charge in [-0.1, -0.05) is 12.1 Å². The first-order valence-electron chi connectivity index (χ1n) is 4.53. The van der Waals surface area contributed by atoms with Crippen molar-refractivity contribution < 1.29 is 29.3 Å². The summed E-state index contributed by atoms with van der Waals surface area (Å²) in [6.45, 7) is 0. The largest absolute Gasteiger partial charge is 0.493 e. The Bertz CT molecular complexity index is 463. The SMILES string of the molecule is COc1ccccc1O/C(=C/C(=O)O)C(=O)O. The van der Waals surface area contributed by atoms with Crippen LogP contribution < -0.4 is 9.47 Å². The quantitative estimate of drug-likeness (QED) is 0.590. The molecule has 0 bridgehead atoms. The molecule has 0 aliphatic rings. The number of carboxylic acids is 2. The van der Waals surface area contributed by atoms with Crippen LogP contribution in [0.3, 0.4) is 0 Å². The molecule has 0 saturated carbocycles. The van der Waals surface area contributed by atoms with Crippen molar-refractivity contribution in [3.63, 3.8) is 0 Å². The van der Waals surface area contributed by atoms with Gasteiger partial charge in [0.25, 0.3) is 0 Å². The van der Waals surface area contributed by atoms with Crippen molar-refractivity contribution >= 4 is 11.9 Å². The fourth-order valence-corrected chi connectivity index (χ4v) is 1.07. The lowest BCUT2D eigenvalue weighted by Gasteiger charge is -2.09. The average Bonchev–Trinajstić information content (AvgIpc) is 2.28. The van der Waals surface area contributed by atoms with Gasteiger partial charge in [-0.15, -0.1) is 0 Å². The van der Waals surface area contributed by atoms with E-state index in [9.17, 15) is 9.59 Å². The van der Waals surface area contributed by atoms with E-state index in [-0.39, 0.29) is 5.75 Å². The number of rotatable bonds is 5. The topological polar surface area (TPSA) is 93.1 Å². The van der Waals surface area contributed by atoms with E-state index in [4.69, 9.17) is 19.7 Å². The third-order valence-corrected chi connectivity index (χ3v) is 1.75. The van der Waals surface area contributed by atoms with Crippen LogP contribution in [0.25, 0.3) is 0 Å². The van der Waals surface area contributed by atoms with Crippen LogP contribution in [0.1, 0.15) is 0 Å². The maximum Gasteiger partial charge on any atom is 0.372 e. The van der Waals surface area contributed by atoms with Gasteiger partial charge in [-0.2, -0.15) is 0 Å². The Morgan fingerprint density at radius 3 is 2.24 bits per heavy atom. The normalized spacial score (nSPS) is 10.8. The van der Waals surface area contributed by atoms with E-state index in [0.717, 1.165) is 0 Å². The summed E-state index contributed by atoms with van der Waals surface area (Å²) < 4.78 is 9.90. The summed E-state index contributed by atoms with van der Waals surface area (Å²) in [6, 6.07) is 6.32. The molecule has 6 nitrogen and oxygen atoms in total. The third-order valence-electron chi connectivity index (χ3n) is 1.75. The van der Waals surface area contributed by atoms with Crippen molar-refractivity contribution in [3.8, 4) is 11.5 Å². The third kappa shape index (κ3) is 3.53. The van der Waals surface area contributed by atoms with E-state index >= 15 is 0 Å². The summed E-state index contributed by atoms with van der Waals surface area (Å²) in [4.78, 5) is 21.1. The minimum absolute atomic E-state index is 0.130. The molecule has 0 heterocycles. The minimum Gasteiger partial charge on any atom is -0.493 e. The maximum atomic E-state index is 10.7. The number of hydrogen-bond donors (Lipinski definition) is 2. The molecule has 0 aromatic heterocycles. The smallest absolute Gasteiger partial charge is 0.372 e. The second-order valence-corrected chi connectivity index (χ2v) is 2.90. The lowest BCUT2D eigenvalue weighted by atomic mass is 10.3. The van der Waals surface area contributed by atoms with E-state index in [1.165, 1.54) is 13.2 Å². The van der Waals surface area contributed by atoms with Gasteiger partial charge in [0.2, 0.25) is 5.76 Å². The summed E-state index contributed by atoms with van der Waals surface area (Å²) >= 11 is 0. The number of carbonyl (C=O) groups is 2. The van der Waals surface area contributed by atoms with Gasteiger partial charge in [-0.05, 0) is 12.1 Å². The molecule has 1 aromatic carbocycles. The van der Waals surface area contributed by atoms with E-state index in [0.29, 0.717) is 11.8 Å². The van der Waals surface area contributed by atoms with E-state index < -0.39 is 17.7 Å². The number of hydrogen-bond acceptors (Lipinski definition) is 4. The summed E-state index contributed by atoms with van der Waals surface area (Å²) in [5.74, 6) is -3.13. The number of ether oxygens (including phenoxy) is 2. The zero-order valence-corrected chi connectivity index (χ0v) is 8.91. The Hall–Kier alpha value is -2.50. The van der Waals surface area contributed by atoms with Crippen molar-refractivity contribution in [1.29, 1.82) is 0 Å². The number of carboxylic acid groups (broad SMARTS) is 2. The first kappa shape index (κ1) is 12.6. The molecule has 0 radical (unpaired) electrons. The molecule has 0 unspecified atom stereocenters. The van der Waals surface area contributed by atoms with Crippen LogP contribution in [0.5, 0.6) is 11.5 Å². The summed E-state index contributed by atoms with van der Waals surface area (Å²) in [7, 11) is 1.39. The van der Waals surface area contributed by atoms with Gasteiger partial charge in [0.1, 0.15) is 0 Å². The van der Waals surface area contributed by atoms with Crippen molar-refractivity contribution in [2.75, 3.05) is 7.11 Å².